The number of ether oxygens (including phenoxy) is 1. The minimum Gasteiger partial charge on any atom is -0.497 e. The highest BCUT2D eigenvalue weighted by atomic mass is 16.5. The van der Waals surface area contributed by atoms with Crippen LogP contribution in [0.1, 0.15) is 111 Å². The first-order valence-corrected chi connectivity index (χ1v) is 16.6. The van der Waals surface area contributed by atoms with E-state index in [9.17, 15) is 19.5 Å². The molecule has 9 heteroatoms. The fourth-order valence-electron chi connectivity index (χ4n) is 6.51. The highest BCUT2D eigenvalue weighted by Crippen LogP contribution is 2.38. The fraction of sp³-hybridized carbons (Fsp3) is 0.486. The zero-order valence-electron chi connectivity index (χ0n) is 27.8. The summed E-state index contributed by atoms with van der Waals surface area (Å²) in [7, 11) is 1.66. The molecule has 4 N–H and O–H groups in total. The van der Waals surface area contributed by atoms with E-state index in [1.165, 1.54) is 12.1 Å². The quantitative estimate of drug-likeness (QED) is 0.181. The molecule has 0 aliphatic heterocycles. The second kappa shape index (κ2) is 16.1. The number of nitrogens with one attached hydrogen (secondary N) is 3. The van der Waals surface area contributed by atoms with Gasteiger partial charge in [-0.25, -0.2) is 0 Å². The van der Waals surface area contributed by atoms with Gasteiger partial charge in [-0.15, -0.1) is 0 Å². The van der Waals surface area contributed by atoms with Crippen LogP contribution < -0.4 is 20.9 Å². The van der Waals surface area contributed by atoms with Gasteiger partial charge in [0.1, 0.15) is 11.4 Å². The van der Waals surface area contributed by atoms with Gasteiger partial charge in [0.25, 0.3) is 11.8 Å². The number of amides is 2. The number of rotatable bonds is 14. The van der Waals surface area contributed by atoms with Crippen molar-refractivity contribution in [2.45, 2.75) is 102 Å². The van der Waals surface area contributed by atoms with E-state index >= 15 is 0 Å². The molecule has 1 heterocycles. The van der Waals surface area contributed by atoms with E-state index in [0.29, 0.717) is 0 Å². The highest BCUT2D eigenvalue weighted by molar-refractivity contribution is 5.98. The van der Waals surface area contributed by atoms with Crippen molar-refractivity contribution in [3.8, 4) is 5.75 Å². The van der Waals surface area contributed by atoms with Crippen molar-refractivity contribution in [1.29, 1.82) is 0 Å². The van der Waals surface area contributed by atoms with Crippen molar-refractivity contribution in [1.82, 2.24) is 20.5 Å². The third-order valence-electron chi connectivity index (χ3n) is 9.51. The molecular weight excluding hydrogens is 580 g/mol. The van der Waals surface area contributed by atoms with Crippen molar-refractivity contribution in [2.75, 3.05) is 13.7 Å². The summed E-state index contributed by atoms with van der Waals surface area (Å²) in [5.74, 6) is -0.0909. The van der Waals surface area contributed by atoms with Crippen LogP contribution in [-0.2, 0) is 5.54 Å². The van der Waals surface area contributed by atoms with Crippen LogP contribution in [0.5, 0.6) is 5.75 Å². The van der Waals surface area contributed by atoms with Crippen LogP contribution in [0, 0.1) is 0 Å². The van der Waals surface area contributed by atoms with Gasteiger partial charge in [-0.05, 0) is 68.9 Å². The number of carbonyl (C=O) groups excluding carboxylic acids is 2. The first kappa shape index (κ1) is 34.9. The molecule has 0 saturated heterocycles. The first-order chi connectivity index (χ1) is 22.1. The number of aromatic amines is 1. The third-order valence-corrected chi connectivity index (χ3v) is 9.51. The lowest BCUT2D eigenvalue weighted by atomic mass is 9.76. The topological polar surface area (TPSA) is 124 Å². The second-order valence-corrected chi connectivity index (χ2v) is 12.6. The predicted molar refractivity (Wildman–Crippen MR) is 181 cm³/mol. The molecule has 2 aromatic carbocycles. The average Bonchev–Trinajstić information content (AvgIpc) is 3.09. The summed E-state index contributed by atoms with van der Waals surface area (Å²) in [6.07, 6.45) is 5.64. The van der Waals surface area contributed by atoms with E-state index in [4.69, 9.17) is 4.74 Å². The maximum atomic E-state index is 13.7. The number of H-pyrrole nitrogens is 1. The lowest BCUT2D eigenvalue weighted by Crippen LogP contribution is -2.50. The number of pyridine rings is 1. The molecule has 3 aromatic rings. The normalized spacial score (nSPS) is 16.9. The molecule has 4 atom stereocenters. The number of aliphatic hydroxyl groups is 1. The molecule has 0 spiro atoms. The number of hydrogen-bond acceptors (Lipinski definition) is 6. The van der Waals surface area contributed by atoms with Crippen molar-refractivity contribution >= 4 is 11.8 Å². The number of aromatic nitrogens is 1. The Morgan fingerprint density at radius 3 is 2.26 bits per heavy atom. The Morgan fingerprint density at radius 2 is 1.63 bits per heavy atom. The summed E-state index contributed by atoms with van der Waals surface area (Å²) < 4.78 is 5.50. The number of carbonyl (C=O) groups is 2. The SMILES string of the molecule is CCC(C)N(C(=O)c1cc(C(=O)N[C@@H](c2ccccc2)[C@H](O)CNC2(c3cccc(OC)c3)CCCCC2)[nH]c(=O)c1)C(C)CC. The van der Waals surface area contributed by atoms with E-state index < -0.39 is 23.6 Å². The summed E-state index contributed by atoms with van der Waals surface area (Å²) in [6, 6.07) is 19.2. The zero-order valence-corrected chi connectivity index (χ0v) is 27.8. The largest absolute Gasteiger partial charge is 0.497 e. The Labute approximate surface area is 272 Å². The first-order valence-electron chi connectivity index (χ1n) is 16.6. The molecule has 0 radical (unpaired) electrons. The standard InChI is InChI=1S/C37H50N4O5/c1-6-25(3)41(26(4)7-2)36(45)28-21-31(39-33(43)22-28)35(44)40-34(27-15-10-8-11-16-27)32(42)24-38-37(19-12-9-13-20-37)29-17-14-18-30(23-29)46-5/h8,10-11,14-18,21-23,25-26,32,34,38,42H,6-7,9,12-13,19-20,24H2,1-5H3,(H,39,43)(H,40,44)/t25?,26?,32-,34+/m1/s1. The number of aliphatic hydroxyl groups excluding tert-OH is 1. The summed E-state index contributed by atoms with van der Waals surface area (Å²) in [5, 5.41) is 18.3. The van der Waals surface area contributed by atoms with Gasteiger partial charge in [0.2, 0.25) is 5.56 Å². The lowest BCUT2D eigenvalue weighted by molar-refractivity contribution is 0.0598. The average molecular weight is 631 g/mol. The van der Waals surface area contributed by atoms with E-state index in [1.54, 1.807) is 12.0 Å². The van der Waals surface area contributed by atoms with Crippen LogP contribution in [0.15, 0.2) is 71.5 Å². The number of methoxy groups -OCH3 is 1. The van der Waals surface area contributed by atoms with Crippen LogP contribution >= 0.6 is 0 Å². The van der Waals surface area contributed by atoms with Crippen LogP contribution in [-0.4, -0.2) is 58.6 Å². The zero-order chi connectivity index (χ0) is 33.3. The number of nitrogens with zero attached hydrogens (tertiary/aromatic N) is 1. The van der Waals surface area contributed by atoms with Crippen LogP contribution in [0.3, 0.4) is 0 Å². The monoisotopic (exact) mass is 630 g/mol. The van der Waals surface area contributed by atoms with Gasteiger partial charge in [-0.2, -0.15) is 0 Å². The minimum atomic E-state index is -1.00. The molecular formula is C37H50N4O5. The van der Waals surface area contributed by atoms with Crippen molar-refractivity contribution in [2.24, 2.45) is 0 Å². The smallest absolute Gasteiger partial charge is 0.268 e. The molecule has 9 nitrogen and oxygen atoms in total. The number of benzene rings is 2. The minimum absolute atomic E-state index is 0.0337. The molecule has 1 aliphatic carbocycles. The Bertz CT molecular complexity index is 1490. The Hall–Kier alpha value is -3.95. The van der Waals surface area contributed by atoms with Gasteiger partial charge in [-0.1, -0.05) is 75.6 Å². The van der Waals surface area contributed by atoms with Gasteiger partial charge in [-0.3, -0.25) is 14.4 Å². The third kappa shape index (κ3) is 8.25. The number of hydrogen-bond donors (Lipinski definition) is 4. The lowest BCUT2D eigenvalue weighted by Gasteiger charge is -2.40. The van der Waals surface area contributed by atoms with Crippen LogP contribution in [0.2, 0.25) is 0 Å². The highest BCUT2D eigenvalue weighted by Gasteiger charge is 2.36. The van der Waals surface area contributed by atoms with Gasteiger partial charge in [0, 0.05) is 35.8 Å². The molecule has 46 heavy (non-hydrogen) atoms. The molecule has 1 fully saturated rings. The van der Waals surface area contributed by atoms with E-state index in [1.807, 2.05) is 70.2 Å². The van der Waals surface area contributed by atoms with Crippen molar-refractivity contribution in [3.05, 3.63) is 99.5 Å². The summed E-state index contributed by atoms with van der Waals surface area (Å²) in [6.45, 7) is 8.21. The summed E-state index contributed by atoms with van der Waals surface area (Å²) in [5.41, 5.74) is 1.08. The van der Waals surface area contributed by atoms with Crippen molar-refractivity contribution < 1.29 is 19.4 Å². The molecule has 1 aromatic heterocycles. The van der Waals surface area contributed by atoms with E-state index in [0.717, 1.165) is 61.8 Å². The molecule has 1 saturated carbocycles. The van der Waals surface area contributed by atoms with Gasteiger partial charge >= 0.3 is 0 Å². The maximum absolute atomic E-state index is 13.7. The Morgan fingerprint density at radius 1 is 0.957 bits per heavy atom. The molecule has 4 rings (SSSR count). The van der Waals surface area contributed by atoms with Gasteiger partial charge < -0.3 is 30.4 Å². The Balaban J connectivity index is 1.59. The van der Waals surface area contributed by atoms with E-state index in [2.05, 4.69) is 27.8 Å². The molecule has 2 unspecified atom stereocenters. The molecule has 2 amide bonds. The molecule has 1 aliphatic rings. The Kier molecular flexibility index (Phi) is 12.2. The second-order valence-electron chi connectivity index (χ2n) is 12.6. The summed E-state index contributed by atoms with van der Waals surface area (Å²) in [4.78, 5) is 44.5. The summed E-state index contributed by atoms with van der Waals surface area (Å²) >= 11 is 0. The molecule has 0 bridgehead atoms. The van der Waals surface area contributed by atoms with Gasteiger partial charge in [0.15, 0.2) is 0 Å². The fourth-order valence-corrected chi connectivity index (χ4v) is 6.51. The predicted octanol–water partition coefficient (Wildman–Crippen LogP) is 5.70. The molecule has 248 valence electrons. The maximum Gasteiger partial charge on any atom is 0.268 e. The van der Waals surface area contributed by atoms with Crippen LogP contribution in [0.4, 0.5) is 0 Å². The van der Waals surface area contributed by atoms with Crippen molar-refractivity contribution in [3.63, 3.8) is 0 Å². The van der Waals surface area contributed by atoms with E-state index in [-0.39, 0.29) is 41.3 Å². The van der Waals surface area contributed by atoms with Gasteiger partial charge in [0.05, 0.1) is 19.3 Å². The van der Waals surface area contributed by atoms with Crippen LogP contribution in [0.25, 0.3) is 0 Å².